The van der Waals surface area contributed by atoms with Crippen molar-refractivity contribution in [1.29, 1.82) is 5.26 Å². The van der Waals surface area contributed by atoms with Gasteiger partial charge in [-0.05, 0) is 24.6 Å². The molecular formula is C10H13NO. The molecule has 0 saturated heterocycles. The first-order valence-corrected chi connectivity index (χ1v) is 3.68. The molecule has 0 amide bonds. The molecule has 2 nitrogen and oxygen atoms in total. The number of hydrogen-bond donors (Lipinski definition) is 0. The summed E-state index contributed by atoms with van der Waals surface area (Å²) >= 11 is 0. The summed E-state index contributed by atoms with van der Waals surface area (Å²) in [6.07, 6.45) is 5.69. The second kappa shape index (κ2) is 6.23. The summed E-state index contributed by atoms with van der Waals surface area (Å²) in [5, 5.41) is 8.44. The fourth-order valence-electron chi connectivity index (χ4n) is 0.712. The summed E-state index contributed by atoms with van der Waals surface area (Å²) in [6.45, 7) is 5.46. The summed E-state index contributed by atoms with van der Waals surface area (Å²) in [5.41, 5.74) is 0.939. The summed E-state index contributed by atoms with van der Waals surface area (Å²) in [5.74, 6) is 0.679. The van der Waals surface area contributed by atoms with Crippen molar-refractivity contribution in [2.24, 2.45) is 0 Å². The molecule has 0 aliphatic heterocycles. The molecule has 2 heteroatoms. The highest BCUT2D eigenvalue weighted by Crippen LogP contribution is 2.07. The minimum absolute atomic E-state index is 0.400. The number of nitriles is 1. The van der Waals surface area contributed by atoms with E-state index in [1.54, 1.807) is 19.3 Å². The summed E-state index contributed by atoms with van der Waals surface area (Å²) in [4.78, 5) is 0. The maximum atomic E-state index is 8.44. The third-order valence-corrected chi connectivity index (χ3v) is 1.42. The third-order valence-electron chi connectivity index (χ3n) is 1.42. The van der Waals surface area contributed by atoms with Crippen molar-refractivity contribution < 1.29 is 4.74 Å². The minimum atomic E-state index is 0.400. The number of allylic oxidation sites excluding steroid dienone is 4. The molecule has 0 bridgehead atoms. The van der Waals surface area contributed by atoms with Crippen LogP contribution in [-0.2, 0) is 4.74 Å². The molecule has 0 rings (SSSR count). The quantitative estimate of drug-likeness (QED) is 0.471. The lowest BCUT2D eigenvalue weighted by molar-refractivity contribution is 0.307. The van der Waals surface area contributed by atoms with Crippen molar-refractivity contribution in [3.63, 3.8) is 0 Å². The second-order valence-corrected chi connectivity index (χ2v) is 2.15. The highest BCUT2D eigenvalue weighted by atomic mass is 16.5. The lowest BCUT2D eigenvalue weighted by atomic mass is 10.1. The molecule has 0 saturated carbocycles. The molecule has 0 aromatic rings. The van der Waals surface area contributed by atoms with Gasteiger partial charge in [-0.3, -0.25) is 0 Å². The van der Waals surface area contributed by atoms with Gasteiger partial charge in [-0.2, -0.15) is 5.26 Å². The zero-order chi connectivity index (χ0) is 9.40. The Balaban J connectivity index is 4.46. The Morgan fingerprint density at radius 2 is 2.33 bits per heavy atom. The zero-order valence-electron chi connectivity index (χ0n) is 7.50. The van der Waals surface area contributed by atoms with Crippen molar-refractivity contribution in [3.05, 3.63) is 36.1 Å². The Kier molecular flexibility index (Phi) is 5.46. The molecule has 0 unspecified atom stereocenters. The second-order valence-electron chi connectivity index (χ2n) is 2.15. The molecule has 0 aromatic carbocycles. The molecule has 64 valence electrons. The number of nitrogens with zero attached hydrogens (tertiary/aromatic N) is 1. The molecule has 12 heavy (non-hydrogen) atoms. The molecule has 0 aromatic heterocycles. The van der Waals surface area contributed by atoms with E-state index in [4.69, 9.17) is 10.00 Å². The highest BCUT2D eigenvalue weighted by molar-refractivity contribution is 5.27. The smallest absolute Gasteiger partial charge is 0.118 e. The first-order chi connectivity index (χ1) is 5.78. The predicted molar refractivity (Wildman–Crippen MR) is 49.3 cm³/mol. The fourth-order valence-corrected chi connectivity index (χ4v) is 0.712. The minimum Gasteiger partial charge on any atom is -0.497 e. The Hall–Kier alpha value is -1.49. The van der Waals surface area contributed by atoms with Crippen molar-refractivity contribution in [2.75, 3.05) is 7.11 Å². The Morgan fingerprint density at radius 1 is 1.67 bits per heavy atom. The van der Waals surface area contributed by atoms with Crippen molar-refractivity contribution in [1.82, 2.24) is 0 Å². The van der Waals surface area contributed by atoms with Crippen LogP contribution in [0.2, 0.25) is 0 Å². The van der Waals surface area contributed by atoms with Gasteiger partial charge in [-0.1, -0.05) is 12.7 Å². The first kappa shape index (κ1) is 10.5. The van der Waals surface area contributed by atoms with Crippen LogP contribution in [0.4, 0.5) is 0 Å². The van der Waals surface area contributed by atoms with Gasteiger partial charge in [0.25, 0.3) is 0 Å². The van der Waals surface area contributed by atoms with Gasteiger partial charge >= 0.3 is 0 Å². The lowest BCUT2D eigenvalue weighted by Gasteiger charge is -1.99. The summed E-state index contributed by atoms with van der Waals surface area (Å²) < 4.78 is 4.97. The summed E-state index contributed by atoms with van der Waals surface area (Å²) in [7, 11) is 1.58. The van der Waals surface area contributed by atoms with Crippen LogP contribution in [0.5, 0.6) is 0 Å². The van der Waals surface area contributed by atoms with E-state index in [-0.39, 0.29) is 0 Å². The molecule has 0 N–H and O–H groups in total. The van der Waals surface area contributed by atoms with Gasteiger partial charge in [0.2, 0.25) is 0 Å². The van der Waals surface area contributed by atoms with Gasteiger partial charge in [-0.15, -0.1) is 0 Å². The van der Waals surface area contributed by atoms with Gasteiger partial charge < -0.3 is 4.74 Å². The van der Waals surface area contributed by atoms with E-state index in [2.05, 4.69) is 12.6 Å². The number of hydrogen-bond acceptors (Lipinski definition) is 2. The van der Waals surface area contributed by atoms with Crippen LogP contribution in [0.15, 0.2) is 36.1 Å². The van der Waals surface area contributed by atoms with Gasteiger partial charge in [0.1, 0.15) is 5.76 Å². The molecule has 0 heterocycles. The van der Waals surface area contributed by atoms with E-state index in [9.17, 15) is 0 Å². The van der Waals surface area contributed by atoms with Gasteiger partial charge in [0.15, 0.2) is 0 Å². The van der Waals surface area contributed by atoms with Crippen LogP contribution in [0, 0.1) is 11.3 Å². The van der Waals surface area contributed by atoms with Crippen LogP contribution in [0.1, 0.15) is 13.3 Å². The number of ether oxygens (including phenoxy) is 1. The Labute approximate surface area is 73.5 Å². The van der Waals surface area contributed by atoms with Gasteiger partial charge in [-0.25, -0.2) is 0 Å². The van der Waals surface area contributed by atoms with Crippen molar-refractivity contribution in [3.8, 4) is 6.07 Å². The molecule has 0 fully saturated rings. The predicted octanol–water partition coefficient (Wildman–Crippen LogP) is 2.56. The Morgan fingerprint density at radius 3 is 2.67 bits per heavy atom. The fraction of sp³-hybridized carbons (Fsp3) is 0.300. The van der Waals surface area contributed by atoms with E-state index in [0.29, 0.717) is 12.2 Å². The summed E-state index contributed by atoms with van der Waals surface area (Å²) in [6, 6.07) is 2.07. The zero-order valence-corrected chi connectivity index (χ0v) is 7.50. The largest absolute Gasteiger partial charge is 0.497 e. The van der Waals surface area contributed by atoms with E-state index < -0.39 is 0 Å². The van der Waals surface area contributed by atoms with Crippen LogP contribution < -0.4 is 0 Å². The van der Waals surface area contributed by atoms with Crippen LogP contribution in [0.3, 0.4) is 0 Å². The SMILES string of the molecule is C=C/C(=C\C(=C/C)CC#N)OC. The third kappa shape index (κ3) is 3.62. The average Bonchev–Trinajstić information content (AvgIpc) is 2.12. The monoisotopic (exact) mass is 163 g/mol. The van der Waals surface area contributed by atoms with Crippen molar-refractivity contribution in [2.45, 2.75) is 13.3 Å². The normalized spacial score (nSPS) is 12.1. The van der Waals surface area contributed by atoms with Gasteiger partial charge in [0.05, 0.1) is 19.6 Å². The lowest BCUT2D eigenvalue weighted by Crippen LogP contribution is -1.83. The molecule has 0 aliphatic rings. The first-order valence-electron chi connectivity index (χ1n) is 3.68. The average molecular weight is 163 g/mol. The topological polar surface area (TPSA) is 33.0 Å². The molecule has 0 atom stereocenters. The highest BCUT2D eigenvalue weighted by Gasteiger charge is 1.93. The standard InChI is InChI=1S/C10H13NO/c1-4-9(6-7-11)8-10(5-2)12-3/h4-5,8H,2,6H2,1,3H3/b9-4-,10-8+. The van der Waals surface area contributed by atoms with E-state index in [1.165, 1.54) is 0 Å². The molecular weight excluding hydrogens is 150 g/mol. The molecule has 0 radical (unpaired) electrons. The van der Waals surface area contributed by atoms with E-state index >= 15 is 0 Å². The van der Waals surface area contributed by atoms with Crippen molar-refractivity contribution >= 4 is 0 Å². The number of methoxy groups -OCH3 is 1. The molecule has 0 spiro atoms. The molecule has 0 aliphatic carbocycles. The van der Waals surface area contributed by atoms with E-state index in [0.717, 1.165) is 5.57 Å². The number of rotatable bonds is 4. The maximum Gasteiger partial charge on any atom is 0.118 e. The Bertz CT molecular complexity index is 243. The van der Waals surface area contributed by atoms with Crippen LogP contribution in [-0.4, -0.2) is 7.11 Å². The van der Waals surface area contributed by atoms with Crippen LogP contribution >= 0.6 is 0 Å². The maximum absolute atomic E-state index is 8.44. The van der Waals surface area contributed by atoms with Gasteiger partial charge in [0, 0.05) is 0 Å². The van der Waals surface area contributed by atoms with Crippen LogP contribution in [0.25, 0.3) is 0 Å². The van der Waals surface area contributed by atoms with E-state index in [1.807, 2.05) is 13.0 Å².